The molecule has 2 aromatic rings. The molecule has 0 aliphatic carbocycles. The molecule has 0 amide bonds. The maximum Gasteiger partial charge on any atom is 0.340 e. The summed E-state index contributed by atoms with van der Waals surface area (Å²) >= 11 is 0. The lowest BCUT2D eigenvalue weighted by Gasteiger charge is -2.13. The van der Waals surface area contributed by atoms with Crippen LogP contribution in [-0.4, -0.2) is 18.1 Å². The summed E-state index contributed by atoms with van der Waals surface area (Å²) in [7, 11) is 1.32. The van der Waals surface area contributed by atoms with E-state index in [1.807, 2.05) is 32.0 Å². The zero-order valence-corrected chi connectivity index (χ0v) is 11.7. The van der Waals surface area contributed by atoms with Gasteiger partial charge in [-0.2, -0.15) is 0 Å². The van der Waals surface area contributed by atoms with Gasteiger partial charge in [0.05, 0.1) is 18.4 Å². The second-order valence-corrected chi connectivity index (χ2v) is 4.48. The molecule has 0 fully saturated rings. The van der Waals surface area contributed by atoms with Crippen LogP contribution in [0.5, 0.6) is 0 Å². The lowest BCUT2D eigenvalue weighted by molar-refractivity contribution is 0.0602. The van der Waals surface area contributed by atoms with Gasteiger partial charge in [0.15, 0.2) is 5.82 Å². The number of carbonyl (C=O) groups is 1. The average Bonchev–Trinajstić information content (AvgIpc) is 2.45. The van der Waals surface area contributed by atoms with Crippen molar-refractivity contribution in [1.82, 2.24) is 4.98 Å². The first-order chi connectivity index (χ1) is 9.54. The number of carbonyl (C=O) groups excluding carboxylic acids is 1. The van der Waals surface area contributed by atoms with Gasteiger partial charge < -0.3 is 15.8 Å². The first-order valence-electron chi connectivity index (χ1n) is 6.20. The van der Waals surface area contributed by atoms with Crippen LogP contribution in [0.15, 0.2) is 30.5 Å². The van der Waals surface area contributed by atoms with Crippen LogP contribution in [0.4, 0.5) is 17.2 Å². The van der Waals surface area contributed by atoms with E-state index in [1.54, 1.807) is 0 Å². The molecule has 0 spiro atoms. The summed E-state index contributed by atoms with van der Waals surface area (Å²) in [6, 6.07) is 7.46. The molecule has 2 rings (SSSR count). The SMILES string of the molecule is COC(=O)c1ccnc(Nc2cccc(C)c2C)c1N. The number of pyridine rings is 1. The Morgan fingerprint density at radius 3 is 2.75 bits per heavy atom. The van der Waals surface area contributed by atoms with Crippen molar-refractivity contribution in [2.75, 3.05) is 18.2 Å². The van der Waals surface area contributed by atoms with Gasteiger partial charge in [-0.15, -0.1) is 0 Å². The van der Waals surface area contributed by atoms with E-state index in [9.17, 15) is 4.79 Å². The number of esters is 1. The predicted octanol–water partition coefficient (Wildman–Crippen LogP) is 2.81. The molecular weight excluding hydrogens is 254 g/mol. The summed E-state index contributed by atoms with van der Waals surface area (Å²) in [6.07, 6.45) is 1.52. The first-order valence-corrected chi connectivity index (χ1v) is 6.20. The van der Waals surface area contributed by atoms with Crippen LogP contribution < -0.4 is 11.1 Å². The maximum atomic E-state index is 11.6. The fourth-order valence-corrected chi connectivity index (χ4v) is 1.87. The fraction of sp³-hybridized carbons (Fsp3) is 0.200. The van der Waals surface area contributed by atoms with E-state index in [4.69, 9.17) is 10.5 Å². The number of aromatic nitrogens is 1. The summed E-state index contributed by atoms with van der Waals surface area (Å²) < 4.78 is 4.69. The molecule has 0 bridgehead atoms. The maximum absolute atomic E-state index is 11.6. The van der Waals surface area contributed by atoms with Crippen molar-refractivity contribution in [2.45, 2.75) is 13.8 Å². The molecule has 5 heteroatoms. The number of hydrogen-bond acceptors (Lipinski definition) is 5. The molecule has 1 aromatic heterocycles. The number of nitrogen functional groups attached to an aromatic ring is 1. The first kappa shape index (κ1) is 13.9. The number of ether oxygens (including phenoxy) is 1. The lowest BCUT2D eigenvalue weighted by Crippen LogP contribution is -2.09. The topological polar surface area (TPSA) is 77.2 Å². The third kappa shape index (κ3) is 2.56. The minimum atomic E-state index is -0.478. The highest BCUT2D eigenvalue weighted by molar-refractivity contribution is 5.98. The Morgan fingerprint density at radius 1 is 1.30 bits per heavy atom. The molecule has 20 heavy (non-hydrogen) atoms. The van der Waals surface area contributed by atoms with Crippen LogP contribution in [0.2, 0.25) is 0 Å². The monoisotopic (exact) mass is 271 g/mol. The Labute approximate surface area is 117 Å². The number of rotatable bonds is 3. The number of methoxy groups -OCH3 is 1. The number of aryl methyl sites for hydroxylation is 1. The summed E-state index contributed by atoms with van der Waals surface area (Å²) in [5, 5.41) is 3.16. The molecule has 0 saturated heterocycles. The van der Waals surface area contributed by atoms with E-state index >= 15 is 0 Å². The standard InChI is InChI=1S/C15H17N3O2/c1-9-5-4-6-12(10(9)2)18-14-13(16)11(7-8-17-14)15(19)20-3/h4-8H,16H2,1-3H3,(H,17,18). The smallest absolute Gasteiger partial charge is 0.340 e. The number of hydrogen-bond donors (Lipinski definition) is 2. The van der Waals surface area contributed by atoms with E-state index in [-0.39, 0.29) is 5.69 Å². The second-order valence-electron chi connectivity index (χ2n) is 4.48. The molecule has 1 heterocycles. The Balaban J connectivity index is 2.39. The van der Waals surface area contributed by atoms with Gasteiger partial charge in [0, 0.05) is 11.9 Å². The van der Waals surface area contributed by atoms with Gasteiger partial charge in [-0.3, -0.25) is 0 Å². The third-order valence-corrected chi connectivity index (χ3v) is 3.25. The van der Waals surface area contributed by atoms with Crippen molar-refractivity contribution < 1.29 is 9.53 Å². The summed E-state index contributed by atoms with van der Waals surface area (Å²) in [5.74, 6) is -0.0319. The van der Waals surface area contributed by atoms with Crippen molar-refractivity contribution in [3.63, 3.8) is 0 Å². The predicted molar refractivity (Wildman–Crippen MR) is 79.2 cm³/mol. The highest BCUT2D eigenvalue weighted by atomic mass is 16.5. The normalized spacial score (nSPS) is 10.2. The molecule has 0 atom stereocenters. The van der Waals surface area contributed by atoms with E-state index in [1.165, 1.54) is 19.4 Å². The number of nitrogens with one attached hydrogen (secondary N) is 1. The van der Waals surface area contributed by atoms with E-state index in [0.717, 1.165) is 16.8 Å². The van der Waals surface area contributed by atoms with Gasteiger partial charge in [-0.25, -0.2) is 9.78 Å². The summed E-state index contributed by atoms with van der Waals surface area (Å²) in [5.41, 5.74) is 9.73. The largest absolute Gasteiger partial charge is 0.465 e. The lowest BCUT2D eigenvalue weighted by atomic mass is 10.1. The van der Waals surface area contributed by atoms with Crippen LogP contribution >= 0.6 is 0 Å². The molecule has 0 saturated carbocycles. The third-order valence-electron chi connectivity index (χ3n) is 3.25. The van der Waals surface area contributed by atoms with Crippen molar-refractivity contribution in [3.8, 4) is 0 Å². The van der Waals surface area contributed by atoms with Gasteiger partial charge in [0.25, 0.3) is 0 Å². The molecular formula is C15H17N3O2. The van der Waals surface area contributed by atoms with Gasteiger partial charge in [-0.05, 0) is 37.1 Å². The highest BCUT2D eigenvalue weighted by Gasteiger charge is 2.14. The molecule has 5 nitrogen and oxygen atoms in total. The molecule has 0 aliphatic rings. The molecule has 0 unspecified atom stereocenters. The zero-order valence-electron chi connectivity index (χ0n) is 11.7. The van der Waals surface area contributed by atoms with E-state index in [2.05, 4.69) is 10.3 Å². The van der Waals surface area contributed by atoms with Crippen LogP contribution in [0.25, 0.3) is 0 Å². The minimum Gasteiger partial charge on any atom is -0.465 e. The van der Waals surface area contributed by atoms with Crippen molar-refractivity contribution in [2.24, 2.45) is 0 Å². The van der Waals surface area contributed by atoms with Crippen LogP contribution in [0, 0.1) is 13.8 Å². The van der Waals surface area contributed by atoms with Crippen molar-refractivity contribution >= 4 is 23.2 Å². The Hall–Kier alpha value is -2.56. The molecule has 3 N–H and O–H groups in total. The Kier molecular flexibility index (Phi) is 3.89. The molecule has 0 aliphatic heterocycles. The van der Waals surface area contributed by atoms with Crippen LogP contribution in [-0.2, 0) is 4.74 Å². The van der Waals surface area contributed by atoms with Gasteiger partial charge >= 0.3 is 5.97 Å². The number of nitrogens with two attached hydrogens (primary N) is 1. The fourth-order valence-electron chi connectivity index (χ4n) is 1.87. The van der Waals surface area contributed by atoms with Crippen LogP contribution in [0.1, 0.15) is 21.5 Å². The minimum absolute atomic E-state index is 0.278. The van der Waals surface area contributed by atoms with E-state index in [0.29, 0.717) is 11.4 Å². The molecule has 104 valence electrons. The van der Waals surface area contributed by atoms with Gasteiger partial charge in [0.1, 0.15) is 0 Å². The summed E-state index contributed by atoms with van der Waals surface area (Å²) in [6.45, 7) is 4.04. The average molecular weight is 271 g/mol. The molecule has 0 radical (unpaired) electrons. The summed E-state index contributed by atoms with van der Waals surface area (Å²) in [4.78, 5) is 15.8. The highest BCUT2D eigenvalue weighted by Crippen LogP contribution is 2.27. The van der Waals surface area contributed by atoms with Gasteiger partial charge in [-0.1, -0.05) is 12.1 Å². The second kappa shape index (κ2) is 5.61. The zero-order chi connectivity index (χ0) is 14.7. The van der Waals surface area contributed by atoms with Crippen molar-refractivity contribution in [1.29, 1.82) is 0 Å². The van der Waals surface area contributed by atoms with Gasteiger partial charge in [0.2, 0.25) is 0 Å². The molecule has 1 aromatic carbocycles. The Bertz CT molecular complexity index is 654. The number of benzene rings is 1. The van der Waals surface area contributed by atoms with Crippen LogP contribution in [0.3, 0.4) is 0 Å². The number of anilines is 3. The van der Waals surface area contributed by atoms with Crippen molar-refractivity contribution in [3.05, 3.63) is 47.2 Å². The van der Waals surface area contributed by atoms with E-state index < -0.39 is 5.97 Å². The quantitative estimate of drug-likeness (QED) is 0.839. The number of nitrogens with zero attached hydrogens (tertiary/aromatic N) is 1. The Morgan fingerprint density at radius 2 is 2.05 bits per heavy atom.